The number of rotatable bonds is 4. The Bertz CT molecular complexity index is 179. The van der Waals surface area contributed by atoms with Crippen molar-refractivity contribution in [1.29, 1.82) is 0 Å². The second-order valence-corrected chi connectivity index (χ2v) is 3.95. The fourth-order valence-electron chi connectivity index (χ4n) is 0.800. The van der Waals surface area contributed by atoms with E-state index in [0.29, 0.717) is 0 Å². The Morgan fingerprint density at radius 3 is 2.43 bits per heavy atom. The second kappa shape index (κ2) is 5.80. The van der Waals surface area contributed by atoms with E-state index < -0.39 is 24.4 Å². The monoisotopic (exact) mass is 207 g/mol. The molecule has 0 saturated heterocycles. The molecule has 14 heavy (non-hydrogen) atoms. The molecule has 0 aliphatic carbocycles. The summed E-state index contributed by atoms with van der Waals surface area (Å²) in [6, 6.07) is -0.644. The molecule has 0 aliphatic rings. The van der Waals surface area contributed by atoms with E-state index in [9.17, 15) is 9.18 Å². The predicted octanol–water partition coefficient (Wildman–Crippen LogP) is 1.50. The fourth-order valence-corrected chi connectivity index (χ4v) is 0.800. The van der Waals surface area contributed by atoms with Crippen LogP contribution in [0.1, 0.15) is 20.8 Å². The van der Waals surface area contributed by atoms with Crippen LogP contribution in [-0.4, -0.2) is 38.1 Å². The van der Waals surface area contributed by atoms with Crippen LogP contribution in [0.2, 0.25) is 0 Å². The first kappa shape index (κ1) is 13.2. The first-order chi connectivity index (χ1) is 6.39. The highest BCUT2D eigenvalue weighted by Gasteiger charge is 2.19. The predicted molar refractivity (Wildman–Crippen MR) is 51.0 cm³/mol. The molecule has 0 unspecified atom stereocenters. The van der Waals surface area contributed by atoms with E-state index in [4.69, 9.17) is 9.47 Å². The van der Waals surface area contributed by atoms with E-state index in [-0.39, 0.29) is 6.61 Å². The van der Waals surface area contributed by atoms with Crippen LogP contribution in [-0.2, 0) is 9.47 Å². The number of halogens is 1. The van der Waals surface area contributed by atoms with E-state index in [1.54, 1.807) is 20.8 Å². The number of hydrogen-bond donors (Lipinski definition) is 1. The topological polar surface area (TPSA) is 47.6 Å². The fraction of sp³-hybridized carbons (Fsp3) is 0.889. The molecular weight excluding hydrogens is 189 g/mol. The molecule has 0 rings (SSSR count). The minimum Gasteiger partial charge on any atom is -0.444 e. The maximum Gasteiger partial charge on any atom is 0.408 e. The summed E-state index contributed by atoms with van der Waals surface area (Å²) in [5, 5.41) is 2.36. The molecule has 0 aromatic carbocycles. The number of amides is 1. The third-order valence-electron chi connectivity index (χ3n) is 1.27. The normalized spacial score (nSPS) is 13.5. The molecule has 0 aromatic heterocycles. The maximum absolute atomic E-state index is 12.3. The minimum absolute atomic E-state index is 0.135. The third kappa shape index (κ3) is 6.65. The number of carbonyl (C=O) groups excluding carboxylic acids is 1. The lowest BCUT2D eigenvalue weighted by molar-refractivity contribution is 0.0455. The van der Waals surface area contributed by atoms with Gasteiger partial charge in [0.25, 0.3) is 0 Å². The molecule has 0 saturated carbocycles. The van der Waals surface area contributed by atoms with Gasteiger partial charge in [-0.25, -0.2) is 9.18 Å². The van der Waals surface area contributed by atoms with Crippen molar-refractivity contribution in [2.75, 3.05) is 20.4 Å². The molecule has 0 heterocycles. The largest absolute Gasteiger partial charge is 0.444 e. The van der Waals surface area contributed by atoms with Crippen molar-refractivity contribution in [3.8, 4) is 0 Å². The van der Waals surface area contributed by atoms with Crippen LogP contribution in [0.3, 0.4) is 0 Å². The van der Waals surface area contributed by atoms with Crippen LogP contribution < -0.4 is 5.32 Å². The van der Waals surface area contributed by atoms with Gasteiger partial charge in [-0.05, 0) is 20.8 Å². The molecule has 4 nitrogen and oxygen atoms in total. The average Bonchev–Trinajstić information content (AvgIpc) is 2.00. The molecule has 0 fully saturated rings. The lowest BCUT2D eigenvalue weighted by Gasteiger charge is -2.22. The molecular formula is C9H18FNO3. The highest BCUT2D eigenvalue weighted by Crippen LogP contribution is 2.06. The van der Waals surface area contributed by atoms with Gasteiger partial charge >= 0.3 is 6.09 Å². The second-order valence-electron chi connectivity index (χ2n) is 3.95. The van der Waals surface area contributed by atoms with Gasteiger partial charge in [0.05, 0.1) is 12.6 Å². The van der Waals surface area contributed by atoms with Crippen LogP contribution in [0.25, 0.3) is 0 Å². The summed E-state index contributed by atoms with van der Waals surface area (Å²) in [6.45, 7) is 4.69. The molecule has 0 bridgehead atoms. The lowest BCUT2D eigenvalue weighted by atomic mass is 10.2. The van der Waals surface area contributed by atoms with Crippen LogP contribution in [0, 0.1) is 0 Å². The van der Waals surface area contributed by atoms with E-state index >= 15 is 0 Å². The number of carbonyl (C=O) groups is 1. The molecule has 0 aliphatic heterocycles. The lowest BCUT2D eigenvalue weighted by Crippen LogP contribution is -2.42. The van der Waals surface area contributed by atoms with Gasteiger partial charge in [-0.2, -0.15) is 0 Å². The van der Waals surface area contributed by atoms with Gasteiger partial charge in [0.1, 0.15) is 12.3 Å². The molecule has 0 aromatic rings. The van der Waals surface area contributed by atoms with Crippen molar-refractivity contribution in [1.82, 2.24) is 5.32 Å². The first-order valence-electron chi connectivity index (χ1n) is 4.43. The van der Waals surface area contributed by atoms with E-state index in [2.05, 4.69) is 5.32 Å². The molecule has 84 valence electrons. The summed E-state index contributed by atoms with van der Waals surface area (Å²) in [5.74, 6) is 0. The molecule has 0 spiro atoms. The molecule has 0 radical (unpaired) electrons. The summed E-state index contributed by atoms with van der Waals surface area (Å²) < 4.78 is 21.9. The van der Waals surface area contributed by atoms with Crippen molar-refractivity contribution in [3.05, 3.63) is 0 Å². The van der Waals surface area contributed by atoms with Crippen molar-refractivity contribution >= 4 is 6.09 Å². The van der Waals surface area contributed by atoms with Gasteiger partial charge in [-0.15, -0.1) is 0 Å². The number of methoxy groups -OCH3 is 1. The van der Waals surface area contributed by atoms with Crippen LogP contribution >= 0.6 is 0 Å². The quantitative estimate of drug-likeness (QED) is 0.759. The zero-order valence-corrected chi connectivity index (χ0v) is 9.09. The van der Waals surface area contributed by atoms with Crippen LogP contribution in [0.15, 0.2) is 0 Å². The van der Waals surface area contributed by atoms with Gasteiger partial charge in [-0.3, -0.25) is 0 Å². The number of ether oxygens (including phenoxy) is 2. The van der Waals surface area contributed by atoms with Crippen molar-refractivity contribution < 1.29 is 18.7 Å². The van der Waals surface area contributed by atoms with Crippen LogP contribution in [0.4, 0.5) is 9.18 Å². The molecule has 1 N–H and O–H groups in total. The Kier molecular flexibility index (Phi) is 5.45. The van der Waals surface area contributed by atoms with E-state index in [0.717, 1.165) is 0 Å². The number of alkyl halides is 1. The number of hydrogen-bond acceptors (Lipinski definition) is 3. The zero-order valence-electron chi connectivity index (χ0n) is 9.09. The Balaban J connectivity index is 3.91. The molecule has 1 amide bonds. The smallest absolute Gasteiger partial charge is 0.408 e. The maximum atomic E-state index is 12.3. The Morgan fingerprint density at radius 2 is 2.07 bits per heavy atom. The van der Waals surface area contributed by atoms with Crippen molar-refractivity contribution in [3.63, 3.8) is 0 Å². The van der Waals surface area contributed by atoms with E-state index in [1.807, 2.05) is 0 Å². The van der Waals surface area contributed by atoms with E-state index in [1.165, 1.54) is 7.11 Å². The highest BCUT2D eigenvalue weighted by atomic mass is 19.1. The molecule has 5 heteroatoms. The number of nitrogens with one attached hydrogen (secondary N) is 1. The van der Waals surface area contributed by atoms with Gasteiger partial charge in [-0.1, -0.05) is 0 Å². The summed E-state index contributed by atoms with van der Waals surface area (Å²) in [4.78, 5) is 11.1. The van der Waals surface area contributed by atoms with Gasteiger partial charge in [0.2, 0.25) is 0 Å². The van der Waals surface area contributed by atoms with Crippen LogP contribution in [0.5, 0.6) is 0 Å². The Morgan fingerprint density at radius 1 is 1.50 bits per heavy atom. The standard InChI is InChI=1S/C9H18FNO3/c1-9(2,3)14-8(12)11-7(5-10)6-13-4/h7H,5-6H2,1-4H3,(H,11,12)/t7-/m0/s1. The van der Waals surface area contributed by atoms with Crippen molar-refractivity contribution in [2.24, 2.45) is 0 Å². The van der Waals surface area contributed by atoms with Gasteiger partial charge < -0.3 is 14.8 Å². The van der Waals surface area contributed by atoms with Gasteiger partial charge in [0, 0.05) is 7.11 Å². The minimum atomic E-state index is -0.674. The summed E-state index contributed by atoms with van der Waals surface area (Å²) in [6.07, 6.45) is -0.628. The highest BCUT2D eigenvalue weighted by molar-refractivity contribution is 5.68. The summed E-state index contributed by atoms with van der Waals surface area (Å²) in [7, 11) is 1.44. The summed E-state index contributed by atoms with van der Waals surface area (Å²) >= 11 is 0. The molecule has 1 atom stereocenters. The van der Waals surface area contributed by atoms with Gasteiger partial charge in [0.15, 0.2) is 0 Å². The van der Waals surface area contributed by atoms with Crippen molar-refractivity contribution in [2.45, 2.75) is 32.4 Å². The zero-order chi connectivity index (χ0) is 11.2. The SMILES string of the molecule is COC[C@H](CF)NC(=O)OC(C)(C)C. The average molecular weight is 207 g/mol. The summed E-state index contributed by atoms with van der Waals surface area (Å²) in [5.41, 5.74) is -0.571. The Hall–Kier alpha value is -0.840. The first-order valence-corrected chi connectivity index (χ1v) is 4.43. The third-order valence-corrected chi connectivity index (χ3v) is 1.27. The Labute approximate surface area is 83.8 Å². The number of alkyl carbamates (subject to hydrolysis) is 1.